The molecule has 0 radical (unpaired) electrons. The van der Waals surface area contributed by atoms with Gasteiger partial charge in [0.25, 0.3) is 5.56 Å². The third-order valence-electron chi connectivity index (χ3n) is 3.48. The van der Waals surface area contributed by atoms with Gasteiger partial charge in [0.1, 0.15) is 18.3 Å². The Kier molecular flexibility index (Phi) is 4.17. The number of aromatic nitrogens is 4. The van der Waals surface area contributed by atoms with Gasteiger partial charge in [-0.3, -0.25) is 18.9 Å². The van der Waals surface area contributed by atoms with Crippen molar-refractivity contribution in [1.29, 1.82) is 0 Å². The number of hydrogen-bond acceptors (Lipinski definition) is 9. The van der Waals surface area contributed by atoms with Crippen LogP contribution in [0.1, 0.15) is 6.23 Å². The van der Waals surface area contributed by atoms with Crippen molar-refractivity contribution in [2.75, 3.05) is 12.3 Å². The molecule has 7 N–H and O–H groups in total. The molecular weight excluding hydrogens is 349 g/mol. The van der Waals surface area contributed by atoms with Crippen LogP contribution in [0.5, 0.6) is 0 Å². The first-order valence-electron chi connectivity index (χ1n) is 6.62. The maximum atomic E-state index is 11.8. The number of ether oxygens (including phenoxy) is 1. The molecule has 2 aromatic rings. The number of hydrogen-bond donors (Lipinski definition) is 6. The number of imidazole rings is 1. The molecule has 3 rings (SSSR count). The smallest absolute Gasteiger partial charge is 0.394 e. The van der Waals surface area contributed by atoms with E-state index in [4.69, 9.17) is 20.3 Å². The van der Waals surface area contributed by atoms with Gasteiger partial charge in [0.05, 0.1) is 12.9 Å². The Morgan fingerprint density at radius 1 is 1.50 bits per heavy atom. The number of nitrogens with one attached hydrogen (secondary N) is 1. The number of phosphoric ester groups is 1. The van der Waals surface area contributed by atoms with Crippen molar-refractivity contribution in [1.82, 2.24) is 19.5 Å². The van der Waals surface area contributed by atoms with Gasteiger partial charge in [0.2, 0.25) is 5.95 Å². The number of nitrogens with two attached hydrogens (primary N) is 1. The summed E-state index contributed by atoms with van der Waals surface area (Å²) in [6.07, 6.45) is -4.42. The highest BCUT2D eigenvalue weighted by Gasteiger charge is 2.48. The topological polar surface area (TPSA) is 206 Å². The minimum atomic E-state index is -4.98. The van der Waals surface area contributed by atoms with E-state index in [0.717, 1.165) is 10.9 Å². The van der Waals surface area contributed by atoms with Gasteiger partial charge < -0.3 is 30.5 Å². The van der Waals surface area contributed by atoms with Crippen LogP contribution < -0.4 is 11.3 Å². The summed E-state index contributed by atoms with van der Waals surface area (Å²) in [5.41, 5.74) is 4.72. The second kappa shape index (κ2) is 5.89. The average molecular weight is 363 g/mol. The van der Waals surface area contributed by atoms with Gasteiger partial charge in [-0.25, -0.2) is 9.55 Å². The molecule has 0 bridgehead atoms. The summed E-state index contributed by atoms with van der Waals surface area (Å²) in [5.74, 6) is -0.209. The standard InChI is InChI=1S/C10H14N5O8P/c11-10-13-7-4(8(18)14-10)12-2-15(7)9-6(23-24(19,20)21)5(17)3(1-16)22-9/h2-3,5-6,9,16-17H,1H2,(H2,19,20,21)(H3,11,13,14,18)/t3-,5+,6+,9-/m1/s1. The first kappa shape index (κ1) is 17.0. The van der Waals surface area contributed by atoms with E-state index < -0.39 is 44.5 Å². The number of H-pyrrole nitrogens is 1. The fourth-order valence-corrected chi connectivity index (χ4v) is 3.04. The van der Waals surface area contributed by atoms with Crippen molar-refractivity contribution in [3.05, 3.63) is 16.7 Å². The average Bonchev–Trinajstić information content (AvgIpc) is 3.00. The number of fused-ring (bicyclic) bond motifs is 1. The number of anilines is 1. The SMILES string of the molecule is Nc1nc2c(ncn2[C@@H]2O[C@H](CO)[C@H](O)[C@@H]2OP(=O)(O)O)c(=O)[nH]1. The molecule has 1 saturated heterocycles. The molecule has 13 nitrogen and oxygen atoms in total. The summed E-state index contributed by atoms with van der Waals surface area (Å²) in [5, 5.41) is 19.3. The molecule has 0 unspecified atom stereocenters. The second-order valence-electron chi connectivity index (χ2n) is 5.07. The Morgan fingerprint density at radius 2 is 2.21 bits per heavy atom. The monoisotopic (exact) mass is 363 g/mol. The Hall–Kier alpha value is -1.86. The van der Waals surface area contributed by atoms with Crippen molar-refractivity contribution in [2.24, 2.45) is 0 Å². The van der Waals surface area contributed by atoms with Crippen LogP contribution in [0.3, 0.4) is 0 Å². The molecule has 0 aliphatic carbocycles. The van der Waals surface area contributed by atoms with E-state index >= 15 is 0 Å². The molecular formula is C10H14N5O8P. The van der Waals surface area contributed by atoms with Gasteiger partial charge in [-0.05, 0) is 0 Å². The summed E-state index contributed by atoms with van der Waals surface area (Å²) in [4.78, 5) is 39.8. The summed E-state index contributed by atoms with van der Waals surface area (Å²) in [6, 6.07) is 0. The number of nitrogens with zero attached hydrogens (tertiary/aromatic N) is 3. The molecule has 0 spiro atoms. The molecule has 1 fully saturated rings. The highest BCUT2D eigenvalue weighted by atomic mass is 31.2. The lowest BCUT2D eigenvalue weighted by Crippen LogP contribution is -2.34. The Balaban J connectivity index is 2.09. The molecule has 1 aliphatic heterocycles. The van der Waals surface area contributed by atoms with Gasteiger partial charge >= 0.3 is 7.82 Å². The number of phosphoric acid groups is 1. The van der Waals surface area contributed by atoms with E-state index in [-0.39, 0.29) is 17.1 Å². The summed E-state index contributed by atoms with van der Waals surface area (Å²) >= 11 is 0. The predicted octanol–water partition coefficient (Wildman–Crippen LogP) is -2.57. The number of nitrogen functional groups attached to an aromatic ring is 1. The van der Waals surface area contributed by atoms with Crippen molar-refractivity contribution in [3.63, 3.8) is 0 Å². The Morgan fingerprint density at radius 3 is 2.83 bits per heavy atom. The summed E-state index contributed by atoms with van der Waals surface area (Å²) in [6.45, 7) is -0.624. The van der Waals surface area contributed by atoms with Gasteiger partial charge in [0, 0.05) is 0 Å². The van der Waals surface area contributed by atoms with Crippen LogP contribution in [-0.4, -0.2) is 64.4 Å². The highest BCUT2D eigenvalue weighted by Crippen LogP contribution is 2.44. The van der Waals surface area contributed by atoms with Crippen molar-refractivity contribution < 1.29 is 33.8 Å². The van der Waals surface area contributed by atoms with Crippen LogP contribution in [0, 0.1) is 0 Å². The first-order chi connectivity index (χ1) is 11.2. The van der Waals surface area contributed by atoms with Crippen LogP contribution in [-0.2, 0) is 13.8 Å². The fraction of sp³-hybridized carbons (Fsp3) is 0.500. The quantitative estimate of drug-likeness (QED) is 0.311. The fourth-order valence-electron chi connectivity index (χ4n) is 2.49. The first-order valence-corrected chi connectivity index (χ1v) is 8.15. The maximum absolute atomic E-state index is 11.8. The Bertz CT molecular complexity index is 861. The van der Waals surface area contributed by atoms with Crippen LogP contribution in [0.25, 0.3) is 11.2 Å². The molecule has 3 heterocycles. The number of aliphatic hydroxyl groups excluding tert-OH is 2. The van der Waals surface area contributed by atoms with Gasteiger partial charge in [-0.1, -0.05) is 0 Å². The van der Waals surface area contributed by atoms with Crippen molar-refractivity contribution in [2.45, 2.75) is 24.5 Å². The molecule has 1 aliphatic rings. The van der Waals surface area contributed by atoms with Gasteiger partial charge in [0.15, 0.2) is 17.4 Å². The van der Waals surface area contributed by atoms with E-state index in [1.807, 2.05) is 0 Å². The van der Waals surface area contributed by atoms with E-state index in [1.165, 1.54) is 0 Å². The third kappa shape index (κ3) is 2.93. The highest BCUT2D eigenvalue weighted by molar-refractivity contribution is 7.46. The zero-order valence-corrected chi connectivity index (χ0v) is 12.8. The third-order valence-corrected chi connectivity index (χ3v) is 3.99. The second-order valence-corrected chi connectivity index (χ2v) is 6.27. The van der Waals surface area contributed by atoms with E-state index in [9.17, 15) is 19.6 Å². The molecule has 14 heteroatoms. The minimum Gasteiger partial charge on any atom is -0.394 e. The summed E-state index contributed by atoms with van der Waals surface area (Å²) < 4.78 is 22.2. The normalized spacial score (nSPS) is 27.8. The van der Waals surface area contributed by atoms with E-state index in [0.29, 0.717) is 0 Å². The van der Waals surface area contributed by atoms with Crippen LogP contribution >= 0.6 is 7.82 Å². The van der Waals surface area contributed by atoms with Crippen LogP contribution in [0.2, 0.25) is 0 Å². The van der Waals surface area contributed by atoms with Crippen LogP contribution in [0.15, 0.2) is 11.1 Å². The molecule has 4 atom stereocenters. The molecule has 0 amide bonds. The predicted molar refractivity (Wildman–Crippen MR) is 76.5 cm³/mol. The minimum absolute atomic E-state index is 0.0358. The molecule has 0 saturated carbocycles. The molecule has 0 aromatic carbocycles. The van der Waals surface area contributed by atoms with Crippen molar-refractivity contribution in [3.8, 4) is 0 Å². The summed E-state index contributed by atoms with van der Waals surface area (Å²) in [7, 11) is -4.98. The van der Waals surface area contributed by atoms with E-state index in [2.05, 4.69) is 19.5 Å². The van der Waals surface area contributed by atoms with Crippen molar-refractivity contribution >= 4 is 24.9 Å². The van der Waals surface area contributed by atoms with E-state index in [1.54, 1.807) is 0 Å². The zero-order chi connectivity index (χ0) is 17.6. The number of aromatic amines is 1. The lowest BCUT2D eigenvalue weighted by Gasteiger charge is -2.22. The lowest BCUT2D eigenvalue weighted by molar-refractivity contribution is -0.0505. The molecule has 2 aromatic heterocycles. The Labute approximate surface area is 132 Å². The largest absolute Gasteiger partial charge is 0.470 e. The zero-order valence-electron chi connectivity index (χ0n) is 11.9. The molecule has 132 valence electrons. The van der Waals surface area contributed by atoms with Gasteiger partial charge in [-0.15, -0.1) is 0 Å². The number of aliphatic hydroxyl groups is 2. The maximum Gasteiger partial charge on any atom is 0.470 e. The molecule has 24 heavy (non-hydrogen) atoms. The van der Waals surface area contributed by atoms with Gasteiger partial charge in [-0.2, -0.15) is 4.98 Å². The van der Waals surface area contributed by atoms with Crippen LogP contribution in [0.4, 0.5) is 5.95 Å². The number of rotatable bonds is 4. The lowest BCUT2D eigenvalue weighted by atomic mass is 10.1.